The summed E-state index contributed by atoms with van der Waals surface area (Å²) in [6, 6.07) is 13.7. The van der Waals surface area contributed by atoms with Crippen molar-refractivity contribution in [2.24, 2.45) is 0 Å². The first-order valence-corrected chi connectivity index (χ1v) is 4.77. The summed E-state index contributed by atoms with van der Waals surface area (Å²) in [5.74, 6) is 0. The highest BCUT2D eigenvalue weighted by Gasteiger charge is 1.95. The van der Waals surface area contributed by atoms with Crippen LogP contribution < -0.4 is 0 Å². The highest BCUT2D eigenvalue weighted by atomic mass is 16.5. The van der Waals surface area contributed by atoms with Crippen molar-refractivity contribution in [1.82, 2.24) is 4.98 Å². The molecule has 1 heterocycles. The molecule has 0 aliphatic heterocycles. The molecule has 0 bridgehead atoms. The largest absolute Gasteiger partial charge is 0.358 e. The molecule has 1 aromatic heterocycles. The first-order valence-electron chi connectivity index (χ1n) is 4.77. The van der Waals surface area contributed by atoms with E-state index in [1.165, 1.54) is 0 Å². The van der Waals surface area contributed by atoms with E-state index in [1.807, 2.05) is 42.5 Å². The molecular formula is C13H11NO. The third-order valence-electron chi connectivity index (χ3n) is 1.95. The Hall–Kier alpha value is -1.67. The number of aromatic nitrogens is 1. The lowest BCUT2D eigenvalue weighted by Crippen LogP contribution is -1.91. The zero-order chi connectivity index (χ0) is 10.3. The van der Waals surface area contributed by atoms with Gasteiger partial charge < -0.3 is 4.74 Å². The van der Waals surface area contributed by atoms with Crippen molar-refractivity contribution in [1.29, 1.82) is 0 Å². The lowest BCUT2D eigenvalue weighted by Gasteiger charge is -2.01. The van der Waals surface area contributed by atoms with Crippen LogP contribution in [-0.2, 0) is 11.3 Å². The van der Waals surface area contributed by atoms with Crippen LogP contribution in [-0.4, -0.2) is 4.98 Å². The zero-order valence-electron chi connectivity index (χ0n) is 8.26. The van der Waals surface area contributed by atoms with Crippen molar-refractivity contribution < 1.29 is 4.74 Å². The van der Waals surface area contributed by atoms with Gasteiger partial charge in [-0.3, -0.25) is 4.98 Å². The molecule has 0 aliphatic rings. The van der Waals surface area contributed by atoms with E-state index in [2.05, 4.69) is 11.6 Å². The molecule has 0 aliphatic carbocycles. The zero-order valence-corrected chi connectivity index (χ0v) is 8.26. The van der Waals surface area contributed by atoms with Crippen molar-refractivity contribution in [3.8, 4) is 0 Å². The normalized spacial score (nSPS) is 10.1. The third kappa shape index (κ3) is 3.18. The number of hydrogen-bond acceptors (Lipinski definition) is 2. The average Bonchev–Trinajstić information content (AvgIpc) is 2.32. The predicted molar refractivity (Wildman–Crippen MR) is 57.8 cm³/mol. The van der Waals surface area contributed by atoms with Crippen LogP contribution in [0.3, 0.4) is 0 Å². The number of nitrogens with zero attached hydrogens (tertiary/aromatic N) is 1. The minimum Gasteiger partial charge on any atom is -0.358 e. The van der Waals surface area contributed by atoms with E-state index >= 15 is 0 Å². The Kier molecular flexibility index (Phi) is 3.47. The first-order chi connectivity index (χ1) is 7.45. The van der Waals surface area contributed by atoms with Crippen LogP contribution in [0.2, 0.25) is 0 Å². The SMILES string of the molecule is [C](OCc1ccccc1)c1ccncc1. The number of hydrogen-bond donors (Lipinski definition) is 0. The van der Waals surface area contributed by atoms with Gasteiger partial charge in [-0.2, -0.15) is 0 Å². The van der Waals surface area contributed by atoms with E-state index in [-0.39, 0.29) is 0 Å². The summed E-state index contributed by atoms with van der Waals surface area (Å²) >= 11 is 0. The molecule has 2 nitrogen and oxygen atoms in total. The Labute approximate surface area is 89.6 Å². The maximum atomic E-state index is 5.33. The average molecular weight is 197 g/mol. The standard InChI is InChI=1S/C13H11NO/c1-2-4-12(5-3-1)10-15-11-13-6-8-14-9-7-13/h1-9H,10H2. The van der Waals surface area contributed by atoms with Gasteiger partial charge in [0.15, 0.2) is 6.61 Å². The highest BCUT2D eigenvalue weighted by molar-refractivity contribution is 5.17. The van der Waals surface area contributed by atoms with E-state index in [9.17, 15) is 0 Å². The van der Waals surface area contributed by atoms with Gasteiger partial charge in [-0.05, 0) is 23.3 Å². The smallest absolute Gasteiger partial charge is 0.166 e. The molecule has 0 unspecified atom stereocenters. The van der Waals surface area contributed by atoms with E-state index in [0.29, 0.717) is 6.61 Å². The van der Waals surface area contributed by atoms with Gasteiger partial charge in [-0.25, -0.2) is 0 Å². The van der Waals surface area contributed by atoms with Crippen molar-refractivity contribution in [3.05, 3.63) is 72.6 Å². The minimum absolute atomic E-state index is 0.545. The first kappa shape index (κ1) is 9.87. The number of rotatable bonds is 4. The molecule has 2 radical (unpaired) electrons. The summed E-state index contributed by atoms with van der Waals surface area (Å²) in [5, 5.41) is 0. The predicted octanol–water partition coefficient (Wildman–Crippen LogP) is 2.69. The van der Waals surface area contributed by atoms with Crippen molar-refractivity contribution in [2.45, 2.75) is 6.61 Å². The fourth-order valence-electron chi connectivity index (χ4n) is 1.20. The van der Waals surface area contributed by atoms with Gasteiger partial charge in [0, 0.05) is 12.4 Å². The van der Waals surface area contributed by atoms with Crippen molar-refractivity contribution in [2.75, 3.05) is 0 Å². The van der Waals surface area contributed by atoms with Crippen molar-refractivity contribution >= 4 is 0 Å². The van der Waals surface area contributed by atoms with Crippen LogP contribution in [0.15, 0.2) is 54.9 Å². The van der Waals surface area contributed by atoms with Gasteiger partial charge in [0.2, 0.25) is 0 Å². The molecule has 0 amide bonds. The minimum atomic E-state index is 0.545. The summed E-state index contributed by atoms with van der Waals surface area (Å²) in [6.07, 6.45) is 3.43. The van der Waals surface area contributed by atoms with Crippen LogP contribution >= 0.6 is 0 Å². The second-order valence-corrected chi connectivity index (χ2v) is 3.11. The van der Waals surface area contributed by atoms with Crippen LogP contribution in [0.4, 0.5) is 0 Å². The third-order valence-corrected chi connectivity index (χ3v) is 1.95. The van der Waals surface area contributed by atoms with E-state index < -0.39 is 0 Å². The molecule has 0 atom stereocenters. The van der Waals surface area contributed by atoms with Crippen LogP contribution in [0.25, 0.3) is 0 Å². The summed E-state index contributed by atoms with van der Waals surface area (Å²) in [4.78, 5) is 3.92. The van der Waals surface area contributed by atoms with Gasteiger partial charge in [0.25, 0.3) is 0 Å². The molecule has 2 rings (SSSR count). The Balaban J connectivity index is 1.81. The van der Waals surface area contributed by atoms with Gasteiger partial charge in [-0.15, -0.1) is 0 Å². The fraction of sp³-hybridized carbons (Fsp3) is 0.0769. The molecule has 2 aromatic rings. The monoisotopic (exact) mass is 197 g/mol. The van der Waals surface area contributed by atoms with E-state index in [4.69, 9.17) is 4.74 Å². The molecule has 15 heavy (non-hydrogen) atoms. The molecular weight excluding hydrogens is 186 g/mol. The highest BCUT2D eigenvalue weighted by Crippen LogP contribution is 2.06. The van der Waals surface area contributed by atoms with Crippen LogP contribution in [0.1, 0.15) is 11.1 Å². The number of ether oxygens (including phenoxy) is 1. The van der Waals surface area contributed by atoms with Crippen LogP contribution in [0.5, 0.6) is 0 Å². The van der Waals surface area contributed by atoms with E-state index in [0.717, 1.165) is 11.1 Å². The molecule has 0 saturated heterocycles. The Bertz CT molecular complexity index is 346. The maximum Gasteiger partial charge on any atom is 0.166 e. The number of benzene rings is 1. The van der Waals surface area contributed by atoms with Crippen molar-refractivity contribution in [3.63, 3.8) is 0 Å². The van der Waals surface area contributed by atoms with Gasteiger partial charge in [-0.1, -0.05) is 30.3 Å². The second-order valence-electron chi connectivity index (χ2n) is 3.11. The van der Waals surface area contributed by atoms with E-state index in [1.54, 1.807) is 12.4 Å². The topological polar surface area (TPSA) is 22.1 Å². The summed E-state index contributed by atoms with van der Waals surface area (Å²) < 4.78 is 5.33. The summed E-state index contributed by atoms with van der Waals surface area (Å²) in [5.41, 5.74) is 2.04. The molecule has 0 spiro atoms. The summed E-state index contributed by atoms with van der Waals surface area (Å²) in [7, 11) is 0. The van der Waals surface area contributed by atoms with Crippen LogP contribution in [0, 0.1) is 6.61 Å². The van der Waals surface area contributed by atoms with Gasteiger partial charge >= 0.3 is 0 Å². The Morgan fingerprint density at radius 2 is 1.73 bits per heavy atom. The molecule has 0 fully saturated rings. The summed E-state index contributed by atoms with van der Waals surface area (Å²) in [6.45, 7) is 3.40. The molecule has 74 valence electrons. The Morgan fingerprint density at radius 1 is 1.00 bits per heavy atom. The fourth-order valence-corrected chi connectivity index (χ4v) is 1.20. The quantitative estimate of drug-likeness (QED) is 0.751. The lowest BCUT2D eigenvalue weighted by atomic mass is 10.2. The lowest BCUT2D eigenvalue weighted by molar-refractivity contribution is 0.199. The molecule has 0 saturated carbocycles. The second kappa shape index (κ2) is 5.27. The molecule has 1 aromatic carbocycles. The molecule has 2 heteroatoms. The number of pyridine rings is 1. The Morgan fingerprint density at radius 3 is 2.47 bits per heavy atom. The van der Waals surface area contributed by atoms with Gasteiger partial charge in [0.1, 0.15) is 0 Å². The van der Waals surface area contributed by atoms with Gasteiger partial charge in [0.05, 0.1) is 6.61 Å². The maximum absolute atomic E-state index is 5.33. The molecule has 0 N–H and O–H groups in total.